The number of hydroxylamine groups is 2. The highest BCUT2D eigenvalue weighted by Crippen LogP contribution is 2.29. The highest BCUT2D eigenvalue weighted by atomic mass is 16.7. The van der Waals surface area contributed by atoms with E-state index in [9.17, 15) is 43.9 Å². The van der Waals surface area contributed by atoms with Gasteiger partial charge in [0.05, 0.1) is 42.8 Å². The molecule has 3 aromatic rings. The van der Waals surface area contributed by atoms with E-state index in [1.807, 2.05) is 6.92 Å². The third kappa shape index (κ3) is 13.0. The van der Waals surface area contributed by atoms with Crippen molar-refractivity contribution < 1.29 is 62.5 Å². The first-order chi connectivity index (χ1) is 26.4. The van der Waals surface area contributed by atoms with Gasteiger partial charge in [0.15, 0.2) is 5.76 Å². The zero-order valence-corrected chi connectivity index (χ0v) is 30.8. The molecule has 0 aliphatic rings. The van der Waals surface area contributed by atoms with Crippen molar-refractivity contribution in [2.24, 2.45) is 5.92 Å². The van der Waals surface area contributed by atoms with Gasteiger partial charge in [-0.2, -0.15) is 0 Å². The van der Waals surface area contributed by atoms with E-state index in [0.29, 0.717) is 29.9 Å². The molecule has 17 nitrogen and oxygen atoms in total. The number of rotatable bonds is 23. The van der Waals surface area contributed by atoms with Gasteiger partial charge in [-0.1, -0.05) is 57.4 Å². The molecule has 5 N–H and O–H groups in total. The molecule has 0 spiro atoms. The number of carboxylic acid groups (broad SMARTS) is 1. The molecule has 0 bridgehead atoms. The molecule has 55 heavy (non-hydrogen) atoms. The van der Waals surface area contributed by atoms with Gasteiger partial charge in [-0.15, -0.1) is 0 Å². The van der Waals surface area contributed by atoms with E-state index in [1.165, 1.54) is 42.5 Å². The van der Waals surface area contributed by atoms with Crippen molar-refractivity contribution in [3.63, 3.8) is 0 Å². The summed E-state index contributed by atoms with van der Waals surface area (Å²) in [7, 11) is 0. The Morgan fingerprint density at radius 1 is 0.909 bits per heavy atom. The number of unbranched alkanes of at least 4 members (excludes halogenated alkanes) is 2. The molecule has 3 atom stereocenters. The monoisotopic (exact) mass is 766 g/mol. The number of nitrogens with zero attached hydrogens (tertiary/aromatic N) is 1. The fourth-order valence-electron chi connectivity index (χ4n) is 5.53. The molecule has 4 amide bonds. The topological polar surface area (TPSA) is 240 Å². The molecule has 0 aliphatic carbocycles. The first-order valence-electron chi connectivity index (χ1n) is 17.7. The minimum Gasteiger partial charge on any atom is -0.493 e. The van der Waals surface area contributed by atoms with Gasteiger partial charge < -0.3 is 39.7 Å². The molecule has 296 valence electrons. The van der Waals surface area contributed by atoms with E-state index in [0.717, 1.165) is 12.8 Å². The van der Waals surface area contributed by atoms with E-state index in [2.05, 4.69) is 16.0 Å². The van der Waals surface area contributed by atoms with Crippen LogP contribution in [0.2, 0.25) is 0 Å². The Labute approximate surface area is 317 Å². The number of carbonyl (C=O) groups excluding carboxylic acids is 6. The standard InChI is InChI=1S/C38H46N4O13/c1-4-7-9-14-26(29(5-2)42(51)22-43)34(46)39-21-40-36(48)31-18-17-30(55-31)25-15-16-27(32(19-25)52-6-3)35(47)41-28(20-33(44)45)38(50)54-23-53-37(49)24-12-10-8-11-13-24/h8,10-13,15-19,22,26,28-29,51H,4-7,9,14,20-21,23H2,1-3H3,(H,39,46)(H,40,48)(H,41,47)(H,44,45)/t26?,28?,29-/m1/s1. The first kappa shape index (κ1) is 43.2. The molecule has 2 aromatic carbocycles. The Bertz CT molecular complexity index is 1780. The van der Waals surface area contributed by atoms with E-state index in [4.69, 9.17) is 18.6 Å². The number of carboxylic acids is 1. The van der Waals surface area contributed by atoms with Crippen LogP contribution >= 0.6 is 0 Å². The number of benzene rings is 2. The fraction of sp³-hybridized carbons (Fsp3) is 0.395. The van der Waals surface area contributed by atoms with Crippen molar-refractivity contribution >= 4 is 42.0 Å². The smallest absolute Gasteiger partial charge is 0.340 e. The average molecular weight is 767 g/mol. The Kier molecular flexibility index (Phi) is 17.3. The Hall–Kier alpha value is -6.23. The lowest BCUT2D eigenvalue weighted by Gasteiger charge is -2.29. The van der Waals surface area contributed by atoms with Crippen molar-refractivity contribution in [1.82, 2.24) is 21.0 Å². The number of nitrogens with one attached hydrogen (secondary N) is 3. The number of ether oxygens (including phenoxy) is 3. The predicted octanol–water partition coefficient (Wildman–Crippen LogP) is 3.90. The van der Waals surface area contributed by atoms with E-state index in [1.54, 1.807) is 32.0 Å². The van der Waals surface area contributed by atoms with Gasteiger partial charge in [-0.3, -0.25) is 29.2 Å². The lowest BCUT2D eigenvalue weighted by Crippen LogP contribution is -2.47. The Balaban J connectivity index is 1.65. The van der Waals surface area contributed by atoms with Crippen LogP contribution < -0.4 is 20.7 Å². The van der Waals surface area contributed by atoms with E-state index < -0.39 is 66.8 Å². The normalized spacial score (nSPS) is 12.3. The van der Waals surface area contributed by atoms with E-state index in [-0.39, 0.29) is 48.1 Å². The van der Waals surface area contributed by atoms with Crippen molar-refractivity contribution in [2.75, 3.05) is 20.1 Å². The van der Waals surface area contributed by atoms with Crippen LogP contribution in [0.5, 0.6) is 5.75 Å². The molecule has 0 radical (unpaired) electrons. The summed E-state index contributed by atoms with van der Waals surface area (Å²) in [6.45, 7) is 4.48. The Morgan fingerprint density at radius 3 is 2.31 bits per heavy atom. The molecular formula is C38H46N4O13. The maximum atomic E-state index is 13.3. The molecule has 2 unspecified atom stereocenters. The minimum atomic E-state index is -1.65. The maximum absolute atomic E-state index is 13.3. The number of furan rings is 1. The molecular weight excluding hydrogens is 720 g/mol. The summed E-state index contributed by atoms with van der Waals surface area (Å²) in [5.41, 5.74) is 0.552. The van der Waals surface area contributed by atoms with Crippen LogP contribution in [-0.2, 0) is 28.7 Å². The van der Waals surface area contributed by atoms with Gasteiger partial charge in [-0.25, -0.2) is 14.7 Å². The van der Waals surface area contributed by atoms with Crippen LogP contribution in [0, 0.1) is 5.92 Å². The lowest BCUT2D eigenvalue weighted by atomic mass is 9.90. The average Bonchev–Trinajstić information content (AvgIpc) is 3.68. The molecule has 1 heterocycles. The summed E-state index contributed by atoms with van der Waals surface area (Å²) >= 11 is 0. The SMILES string of the molecule is CCCCCC(C(=O)NCNC(=O)c1ccc(-c2ccc(C(=O)NC(CC(=O)O)C(=O)OCOC(=O)c3ccccc3)c(OCC)c2)o1)[C@@H](CC)N(O)C=O. The van der Waals surface area contributed by atoms with Crippen molar-refractivity contribution in [2.45, 2.75) is 71.4 Å². The summed E-state index contributed by atoms with van der Waals surface area (Å²) < 4.78 is 21.2. The maximum Gasteiger partial charge on any atom is 0.340 e. The van der Waals surface area contributed by atoms with Crippen molar-refractivity contribution in [3.05, 3.63) is 77.6 Å². The molecule has 0 saturated carbocycles. The number of amides is 4. The fourth-order valence-corrected chi connectivity index (χ4v) is 5.53. The summed E-state index contributed by atoms with van der Waals surface area (Å²) in [6.07, 6.45) is 2.71. The van der Waals surface area contributed by atoms with Gasteiger partial charge in [0.2, 0.25) is 19.1 Å². The highest BCUT2D eigenvalue weighted by molar-refractivity contribution is 6.00. The molecule has 0 saturated heterocycles. The summed E-state index contributed by atoms with van der Waals surface area (Å²) in [5.74, 6) is -5.81. The van der Waals surface area contributed by atoms with Crippen LogP contribution in [0.25, 0.3) is 11.3 Å². The number of hydrogen-bond acceptors (Lipinski definition) is 12. The summed E-state index contributed by atoms with van der Waals surface area (Å²) in [6, 6.07) is 12.7. The molecule has 1 aromatic heterocycles. The summed E-state index contributed by atoms with van der Waals surface area (Å²) in [5, 5.41) is 27.4. The second-order valence-corrected chi connectivity index (χ2v) is 12.1. The second-order valence-electron chi connectivity index (χ2n) is 12.1. The van der Waals surface area contributed by atoms with Gasteiger partial charge in [-0.05, 0) is 56.2 Å². The van der Waals surface area contributed by atoms with Gasteiger partial charge in [0.25, 0.3) is 11.8 Å². The lowest BCUT2D eigenvalue weighted by molar-refractivity contribution is -0.168. The zero-order chi connectivity index (χ0) is 40.3. The van der Waals surface area contributed by atoms with Crippen molar-refractivity contribution in [3.8, 4) is 17.1 Å². The second kappa shape index (κ2) is 22.1. The van der Waals surface area contributed by atoms with Gasteiger partial charge in [0, 0.05) is 5.56 Å². The third-order valence-corrected chi connectivity index (χ3v) is 8.31. The highest BCUT2D eigenvalue weighted by Gasteiger charge is 2.31. The molecule has 17 heteroatoms. The molecule has 3 rings (SSSR count). The first-order valence-corrected chi connectivity index (χ1v) is 17.7. The molecule has 0 fully saturated rings. The van der Waals surface area contributed by atoms with Crippen LogP contribution in [0.3, 0.4) is 0 Å². The van der Waals surface area contributed by atoms with E-state index >= 15 is 0 Å². The predicted molar refractivity (Wildman–Crippen MR) is 194 cm³/mol. The van der Waals surface area contributed by atoms with Crippen LogP contribution in [0.1, 0.15) is 90.6 Å². The van der Waals surface area contributed by atoms with Crippen LogP contribution in [0.4, 0.5) is 0 Å². The largest absolute Gasteiger partial charge is 0.493 e. The quantitative estimate of drug-likeness (QED) is 0.0230. The van der Waals surface area contributed by atoms with Crippen LogP contribution in [-0.4, -0.2) is 89.6 Å². The number of hydrogen-bond donors (Lipinski definition) is 5. The van der Waals surface area contributed by atoms with Gasteiger partial charge >= 0.3 is 17.9 Å². The number of aliphatic carboxylic acids is 1. The van der Waals surface area contributed by atoms with Gasteiger partial charge in [0.1, 0.15) is 17.6 Å². The number of esters is 2. The number of carbonyl (C=O) groups is 7. The zero-order valence-electron chi connectivity index (χ0n) is 30.8. The molecule has 0 aliphatic heterocycles. The Morgan fingerprint density at radius 2 is 1.65 bits per heavy atom. The summed E-state index contributed by atoms with van der Waals surface area (Å²) in [4.78, 5) is 86.7. The minimum absolute atomic E-state index is 0.0525. The van der Waals surface area contributed by atoms with Crippen molar-refractivity contribution in [1.29, 1.82) is 0 Å². The van der Waals surface area contributed by atoms with Crippen LogP contribution in [0.15, 0.2) is 65.1 Å². The third-order valence-electron chi connectivity index (χ3n) is 8.31.